The molecule has 0 aromatic heterocycles. The SMILES string of the molecule is CCCCOCCN1C(=O)C(C)NC(=O)C1C(C)C. The van der Waals surface area contributed by atoms with E-state index in [-0.39, 0.29) is 23.8 Å². The molecule has 1 aliphatic rings. The van der Waals surface area contributed by atoms with Gasteiger partial charge in [-0.1, -0.05) is 27.2 Å². The Morgan fingerprint density at radius 2 is 2.00 bits per heavy atom. The lowest BCUT2D eigenvalue weighted by Crippen LogP contribution is -2.64. The quantitative estimate of drug-likeness (QED) is 0.707. The van der Waals surface area contributed by atoms with Crippen molar-refractivity contribution < 1.29 is 14.3 Å². The highest BCUT2D eigenvalue weighted by Crippen LogP contribution is 2.17. The molecule has 0 aromatic rings. The average molecular weight is 270 g/mol. The van der Waals surface area contributed by atoms with E-state index >= 15 is 0 Å². The number of ether oxygens (including phenoxy) is 1. The van der Waals surface area contributed by atoms with E-state index in [0.29, 0.717) is 19.8 Å². The third-order valence-corrected chi connectivity index (χ3v) is 3.37. The van der Waals surface area contributed by atoms with Gasteiger partial charge in [-0.3, -0.25) is 9.59 Å². The molecule has 0 aliphatic carbocycles. The Morgan fingerprint density at radius 1 is 1.32 bits per heavy atom. The summed E-state index contributed by atoms with van der Waals surface area (Å²) in [6.07, 6.45) is 2.12. The molecule has 1 fully saturated rings. The predicted molar refractivity (Wildman–Crippen MR) is 73.7 cm³/mol. The summed E-state index contributed by atoms with van der Waals surface area (Å²) in [5.74, 6) is 0.0279. The first-order valence-corrected chi connectivity index (χ1v) is 7.17. The fraction of sp³-hybridized carbons (Fsp3) is 0.857. The van der Waals surface area contributed by atoms with E-state index in [2.05, 4.69) is 12.2 Å². The summed E-state index contributed by atoms with van der Waals surface area (Å²) in [6.45, 7) is 9.45. The van der Waals surface area contributed by atoms with E-state index in [9.17, 15) is 9.59 Å². The van der Waals surface area contributed by atoms with Gasteiger partial charge < -0.3 is 15.0 Å². The van der Waals surface area contributed by atoms with E-state index in [1.54, 1.807) is 11.8 Å². The number of nitrogens with one attached hydrogen (secondary N) is 1. The van der Waals surface area contributed by atoms with Crippen molar-refractivity contribution in [3.63, 3.8) is 0 Å². The molecule has 0 radical (unpaired) electrons. The van der Waals surface area contributed by atoms with Crippen molar-refractivity contribution in [2.45, 2.75) is 52.6 Å². The van der Waals surface area contributed by atoms with Crippen LogP contribution in [0.2, 0.25) is 0 Å². The van der Waals surface area contributed by atoms with E-state index in [1.807, 2.05) is 13.8 Å². The van der Waals surface area contributed by atoms with E-state index in [0.717, 1.165) is 12.8 Å². The van der Waals surface area contributed by atoms with Crippen LogP contribution in [-0.4, -0.2) is 48.6 Å². The number of rotatable bonds is 7. The van der Waals surface area contributed by atoms with E-state index in [1.165, 1.54) is 0 Å². The molecule has 0 saturated carbocycles. The first kappa shape index (κ1) is 16.0. The minimum Gasteiger partial charge on any atom is -0.380 e. The number of nitrogens with zero attached hydrogens (tertiary/aromatic N) is 1. The molecule has 0 aromatic carbocycles. The van der Waals surface area contributed by atoms with Gasteiger partial charge in [-0.2, -0.15) is 0 Å². The van der Waals surface area contributed by atoms with Crippen molar-refractivity contribution in [2.24, 2.45) is 5.92 Å². The maximum Gasteiger partial charge on any atom is 0.245 e. The molecule has 2 amide bonds. The second kappa shape index (κ2) is 7.48. The third-order valence-electron chi connectivity index (χ3n) is 3.37. The second-order valence-electron chi connectivity index (χ2n) is 5.42. The molecule has 1 saturated heterocycles. The van der Waals surface area contributed by atoms with Crippen LogP contribution in [0.4, 0.5) is 0 Å². The monoisotopic (exact) mass is 270 g/mol. The maximum absolute atomic E-state index is 12.2. The molecule has 1 aliphatic heterocycles. The molecule has 5 heteroatoms. The number of unbranched alkanes of at least 4 members (excludes halogenated alkanes) is 1. The predicted octanol–water partition coefficient (Wildman–Crippen LogP) is 1.17. The number of hydrogen-bond donors (Lipinski definition) is 1. The van der Waals surface area contributed by atoms with Crippen molar-refractivity contribution in [1.82, 2.24) is 10.2 Å². The highest BCUT2D eigenvalue weighted by molar-refractivity contribution is 5.96. The van der Waals surface area contributed by atoms with Gasteiger partial charge >= 0.3 is 0 Å². The Hall–Kier alpha value is -1.10. The minimum atomic E-state index is -0.432. The van der Waals surface area contributed by atoms with Gasteiger partial charge in [0.15, 0.2) is 0 Å². The summed E-state index contributed by atoms with van der Waals surface area (Å²) in [5, 5.41) is 2.73. The largest absolute Gasteiger partial charge is 0.380 e. The van der Waals surface area contributed by atoms with Crippen molar-refractivity contribution in [2.75, 3.05) is 19.8 Å². The van der Waals surface area contributed by atoms with Gasteiger partial charge in [0, 0.05) is 13.2 Å². The van der Waals surface area contributed by atoms with Gasteiger partial charge in [0.05, 0.1) is 6.61 Å². The van der Waals surface area contributed by atoms with Crippen LogP contribution >= 0.6 is 0 Å². The van der Waals surface area contributed by atoms with Crippen LogP contribution in [0, 0.1) is 5.92 Å². The lowest BCUT2D eigenvalue weighted by atomic mass is 9.97. The van der Waals surface area contributed by atoms with Gasteiger partial charge in [0.2, 0.25) is 11.8 Å². The fourth-order valence-electron chi connectivity index (χ4n) is 2.31. The summed E-state index contributed by atoms with van der Waals surface area (Å²) in [5.41, 5.74) is 0. The molecule has 5 nitrogen and oxygen atoms in total. The van der Waals surface area contributed by atoms with Gasteiger partial charge in [-0.15, -0.1) is 0 Å². The number of hydrogen-bond acceptors (Lipinski definition) is 3. The number of carbonyl (C=O) groups excluding carboxylic acids is 2. The van der Waals surface area contributed by atoms with E-state index < -0.39 is 6.04 Å². The normalized spacial score (nSPS) is 23.9. The van der Waals surface area contributed by atoms with Crippen LogP contribution in [-0.2, 0) is 14.3 Å². The molecule has 1 N–H and O–H groups in total. The zero-order chi connectivity index (χ0) is 14.4. The molecular formula is C14H26N2O3. The Labute approximate surface area is 115 Å². The van der Waals surface area contributed by atoms with Crippen LogP contribution < -0.4 is 5.32 Å². The lowest BCUT2D eigenvalue weighted by molar-refractivity contribution is -0.151. The van der Waals surface area contributed by atoms with Crippen LogP contribution in [0.5, 0.6) is 0 Å². The highest BCUT2D eigenvalue weighted by Gasteiger charge is 2.39. The molecule has 0 bridgehead atoms. The van der Waals surface area contributed by atoms with Crippen molar-refractivity contribution in [3.05, 3.63) is 0 Å². The lowest BCUT2D eigenvalue weighted by Gasteiger charge is -2.39. The van der Waals surface area contributed by atoms with Crippen LogP contribution in [0.15, 0.2) is 0 Å². The van der Waals surface area contributed by atoms with Gasteiger partial charge in [0.1, 0.15) is 12.1 Å². The molecule has 1 rings (SSSR count). The van der Waals surface area contributed by atoms with Crippen LogP contribution in [0.25, 0.3) is 0 Å². The molecule has 110 valence electrons. The van der Waals surface area contributed by atoms with Crippen LogP contribution in [0.1, 0.15) is 40.5 Å². The average Bonchev–Trinajstić information content (AvgIpc) is 2.34. The molecule has 19 heavy (non-hydrogen) atoms. The summed E-state index contributed by atoms with van der Waals surface area (Å²) >= 11 is 0. The molecule has 2 unspecified atom stereocenters. The Kier molecular flexibility index (Phi) is 6.28. The summed E-state index contributed by atoms with van der Waals surface area (Å²) in [7, 11) is 0. The Bertz CT molecular complexity index is 318. The van der Waals surface area contributed by atoms with Crippen molar-refractivity contribution >= 4 is 11.8 Å². The molecule has 1 heterocycles. The zero-order valence-electron chi connectivity index (χ0n) is 12.4. The maximum atomic E-state index is 12.2. The minimum absolute atomic E-state index is 0.0163. The highest BCUT2D eigenvalue weighted by atomic mass is 16.5. The van der Waals surface area contributed by atoms with Gasteiger partial charge in [-0.25, -0.2) is 0 Å². The molecule has 0 spiro atoms. The molecule has 2 atom stereocenters. The second-order valence-corrected chi connectivity index (χ2v) is 5.42. The third kappa shape index (κ3) is 4.20. The standard InChI is InChI=1S/C14H26N2O3/c1-5-6-8-19-9-7-16-12(10(2)3)13(17)15-11(4)14(16)18/h10-12H,5-9H2,1-4H3,(H,15,17). The van der Waals surface area contributed by atoms with Crippen LogP contribution in [0.3, 0.4) is 0 Å². The number of amides is 2. The Balaban J connectivity index is 2.57. The smallest absolute Gasteiger partial charge is 0.245 e. The summed E-state index contributed by atoms with van der Waals surface area (Å²) < 4.78 is 5.50. The van der Waals surface area contributed by atoms with Crippen molar-refractivity contribution in [3.8, 4) is 0 Å². The first-order chi connectivity index (χ1) is 8.99. The topological polar surface area (TPSA) is 58.6 Å². The van der Waals surface area contributed by atoms with E-state index in [4.69, 9.17) is 4.74 Å². The zero-order valence-corrected chi connectivity index (χ0v) is 12.4. The number of carbonyl (C=O) groups is 2. The molecular weight excluding hydrogens is 244 g/mol. The first-order valence-electron chi connectivity index (χ1n) is 7.17. The Morgan fingerprint density at radius 3 is 2.58 bits per heavy atom. The summed E-state index contributed by atoms with van der Waals surface area (Å²) in [4.78, 5) is 25.8. The van der Waals surface area contributed by atoms with Gasteiger partial charge in [-0.05, 0) is 19.3 Å². The van der Waals surface area contributed by atoms with Gasteiger partial charge in [0.25, 0.3) is 0 Å². The fourth-order valence-corrected chi connectivity index (χ4v) is 2.31. The number of piperazine rings is 1. The van der Waals surface area contributed by atoms with Crippen molar-refractivity contribution in [1.29, 1.82) is 0 Å². The summed E-state index contributed by atoms with van der Waals surface area (Å²) in [6, 6.07) is -0.809.